The van der Waals surface area contributed by atoms with E-state index in [4.69, 9.17) is 21.1 Å². The van der Waals surface area contributed by atoms with Crippen LogP contribution < -0.4 is 10.1 Å². The normalized spacial score (nSPS) is 14.0. The Balaban J connectivity index is 1.57. The van der Waals surface area contributed by atoms with Gasteiger partial charge in [-0.05, 0) is 48.0 Å². The molecule has 0 unspecified atom stereocenters. The standard InChI is InChI=1S/C22H20ClN3O4/c23-18-3-5-19(6-4-18)25-22(28)17(14-24)13-16-1-7-20(8-2-16)30-15-21(27)26-9-11-29-12-10-26/h1-8,13H,9-12,15H2,(H,25,28). The highest BCUT2D eigenvalue weighted by atomic mass is 35.5. The van der Waals surface area contributed by atoms with Crippen LogP contribution in [0.4, 0.5) is 5.69 Å². The van der Waals surface area contributed by atoms with Crippen molar-refractivity contribution in [2.75, 3.05) is 38.2 Å². The number of carbonyl (C=O) groups excluding carboxylic acids is 2. The summed E-state index contributed by atoms with van der Waals surface area (Å²) in [5.74, 6) is -0.0814. The predicted molar refractivity (Wildman–Crippen MR) is 113 cm³/mol. The summed E-state index contributed by atoms with van der Waals surface area (Å²) in [4.78, 5) is 26.1. The second-order valence-corrected chi connectivity index (χ2v) is 6.92. The molecule has 7 nitrogen and oxygen atoms in total. The van der Waals surface area contributed by atoms with Crippen molar-refractivity contribution in [3.8, 4) is 11.8 Å². The fraction of sp³-hybridized carbons (Fsp3) is 0.227. The van der Waals surface area contributed by atoms with Crippen LogP contribution >= 0.6 is 11.6 Å². The number of morpholine rings is 1. The van der Waals surface area contributed by atoms with Crippen LogP contribution in [-0.2, 0) is 14.3 Å². The second kappa shape index (κ2) is 10.4. The molecule has 1 aliphatic rings. The Bertz CT molecular complexity index is 959. The molecule has 3 rings (SSSR count). The van der Waals surface area contributed by atoms with Crippen LogP contribution in [0.15, 0.2) is 54.1 Å². The maximum Gasteiger partial charge on any atom is 0.266 e. The second-order valence-electron chi connectivity index (χ2n) is 6.48. The Morgan fingerprint density at radius 1 is 1.13 bits per heavy atom. The molecule has 2 aromatic rings. The molecule has 1 saturated heterocycles. The van der Waals surface area contributed by atoms with Crippen molar-refractivity contribution < 1.29 is 19.1 Å². The molecule has 154 valence electrons. The Kier molecular flexibility index (Phi) is 7.44. The van der Waals surface area contributed by atoms with Crippen LogP contribution in [0.5, 0.6) is 5.75 Å². The Labute approximate surface area is 179 Å². The van der Waals surface area contributed by atoms with Gasteiger partial charge in [-0.1, -0.05) is 23.7 Å². The molecule has 0 aliphatic carbocycles. The van der Waals surface area contributed by atoms with Gasteiger partial charge in [0.1, 0.15) is 17.4 Å². The summed E-state index contributed by atoms with van der Waals surface area (Å²) in [6, 6.07) is 15.3. The van der Waals surface area contributed by atoms with Crippen molar-refractivity contribution >= 4 is 35.2 Å². The zero-order valence-electron chi connectivity index (χ0n) is 16.1. The van der Waals surface area contributed by atoms with Crippen LogP contribution in [0.1, 0.15) is 5.56 Å². The molecule has 0 bridgehead atoms. The molecule has 0 atom stereocenters. The van der Waals surface area contributed by atoms with Crippen LogP contribution in [0.3, 0.4) is 0 Å². The lowest BCUT2D eigenvalue weighted by Crippen LogP contribution is -2.42. The number of amides is 2. The van der Waals surface area contributed by atoms with Crippen molar-refractivity contribution in [3.05, 3.63) is 64.7 Å². The monoisotopic (exact) mass is 425 g/mol. The number of halogens is 1. The molecule has 0 radical (unpaired) electrons. The van der Waals surface area contributed by atoms with Gasteiger partial charge in [0.25, 0.3) is 11.8 Å². The van der Waals surface area contributed by atoms with E-state index in [2.05, 4.69) is 5.32 Å². The van der Waals surface area contributed by atoms with Crippen molar-refractivity contribution in [1.29, 1.82) is 5.26 Å². The lowest BCUT2D eigenvalue weighted by molar-refractivity contribution is -0.137. The largest absolute Gasteiger partial charge is 0.484 e. The fourth-order valence-corrected chi connectivity index (χ4v) is 2.88. The third-order valence-electron chi connectivity index (χ3n) is 4.38. The number of rotatable bonds is 6. The van der Waals surface area contributed by atoms with Crippen LogP contribution in [0.2, 0.25) is 5.02 Å². The lowest BCUT2D eigenvalue weighted by Gasteiger charge is -2.26. The Hall–Kier alpha value is -3.34. The van der Waals surface area contributed by atoms with Crippen molar-refractivity contribution in [2.24, 2.45) is 0 Å². The SMILES string of the molecule is N#CC(=Cc1ccc(OCC(=O)N2CCOCC2)cc1)C(=O)Nc1ccc(Cl)cc1. The number of carbonyl (C=O) groups is 2. The predicted octanol–water partition coefficient (Wildman–Crippen LogP) is 3.12. The maximum atomic E-state index is 12.3. The summed E-state index contributed by atoms with van der Waals surface area (Å²) in [7, 11) is 0. The van der Waals surface area contributed by atoms with Gasteiger partial charge in [-0.2, -0.15) is 5.26 Å². The molecule has 2 amide bonds. The van der Waals surface area contributed by atoms with Crippen LogP contribution in [-0.4, -0.2) is 49.6 Å². The van der Waals surface area contributed by atoms with E-state index < -0.39 is 5.91 Å². The van der Waals surface area contributed by atoms with Gasteiger partial charge >= 0.3 is 0 Å². The molecule has 0 spiro atoms. The first kappa shape index (κ1) is 21.4. The summed E-state index contributed by atoms with van der Waals surface area (Å²) >= 11 is 5.82. The van der Waals surface area contributed by atoms with Gasteiger partial charge in [0.15, 0.2) is 6.61 Å². The van der Waals surface area contributed by atoms with Gasteiger partial charge in [-0.25, -0.2) is 0 Å². The quantitative estimate of drug-likeness (QED) is 0.567. The highest BCUT2D eigenvalue weighted by molar-refractivity contribution is 6.30. The summed E-state index contributed by atoms with van der Waals surface area (Å²) in [6.45, 7) is 2.17. The molecule has 1 fully saturated rings. The van der Waals surface area contributed by atoms with Crippen molar-refractivity contribution in [2.45, 2.75) is 0 Å². The summed E-state index contributed by atoms with van der Waals surface area (Å²) in [6.07, 6.45) is 1.48. The van der Waals surface area contributed by atoms with E-state index in [-0.39, 0.29) is 18.1 Å². The summed E-state index contributed by atoms with van der Waals surface area (Å²) < 4.78 is 10.8. The van der Waals surface area contributed by atoms with E-state index in [1.54, 1.807) is 53.4 Å². The smallest absolute Gasteiger partial charge is 0.266 e. The minimum absolute atomic E-state index is 0.0406. The van der Waals surface area contributed by atoms with E-state index in [0.717, 1.165) is 0 Å². The van der Waals surface area contributed by atoms with E-state index >= 15 is 0 Å². The number of hydrogen-bond acceptors (Lipinski definition) is 5. The number of nitrogens with one attached hydrogen (secondary N) is 1. The van der Waals surface area contributed by atoms with Gasteiger partial charge in [-0.15, -0.1) is 0 Å². The van der Waals surface area contributed by atoms with E-state index in [0.29, 0.717) is 48.3 Å². The van der Waals surface area contributed by atoms with Gasteiger partial charge in [-0.3, -0.25) is 9.59 Å². The molecular formula is C22H20ClN3O4. The number of nitriles is 1. The maximum absolute atomic E-state index is 12.3. The molecule has 0 aromatic heterocycles. The molecular weight excluding hydrogens is 406 g/mol. The number of anilines is 1. The van der Waals surface area contributed by atoms with Crippen LogP contribution in [0, 0.1) is 11.3 Å². The Morgan fingerprint density at radius 3 is 2.43 bits per heavy atom. The first-order valence-electron chi connectivity index (χ1n) is 9.32. The minimum Gasteiger partial charge on any atom is -0.484 e. The highest BCUT2D eigenvalue weighted by Crippen LogP contribution is 2.17. The minimum atomic E-state index is -0.517. The van der Waals surface area contributed by atoms with Gasteiger partial charge in [0.2, 0.25) is 0 Å². The number of benzene rings is 2. The first-order chi connectivity index (χ1) is 14.5. The average Bonchev–Trinajstić information content (AvgIpc) is 2.78. The topological polar surface area (TPSA) is 91.7 Å². The van der Waals surface area contributed by atoms with E-state index in [1.807, 2.05) is 6.07 Å². The molecule has 2 aromatic carbocycles. The number of nitrogens with zero attached hydrogens (tertiary/aromatic N) is 2. The summed E-state index contributed by atoms with van der Waals surface area (Å²) in [5.41, 5.74) is 1.16. The third-order valence-corrected chi connectivity index (χ3v) is 4.64. The first-order valence-corrected chi connectivity index (χ1v) is 9.70. The zero-order chi connectivity index (χ0) is 21.3. The average molecular weight is 426 g/mol. The van der Waals surface area contributed by atoms with Gasteiger partial charge in [0, 0.05) is 23.8 Å². The fourth-order valence-electron chi connectivity index (χ4n) is 2.76. The number of hydrogen-bond donors (Lipinski definition) is 1. The van der Waals surface area contributed by atoms with Gasteiger partial charge < -0.3 is 19.7 Å². The lowest BCUT2D eigenvalue weighted by atomic mass is 10.1. The molecule has 1 heterocycles. The summed E-state index contributed by atoms with van der Waals surface area (Å²) in [5, 5.41) is 12.5. The van der Waals surface area contributed by atoms with Crippen LogP contribution in [0.25, 0.3) is 6.08 Å². The van der Waals surface area contributed by atoms with Crippen molar-refractivity contribution in [1.82, 2.24) is 4.90 Å². The third kappa shape index (κ3) is 6.08. The molecule has 1 aliphatic heterocycles. The Morgan fingerprint density at radius 2 is 1.80 bits per heavy atom. The molecule has 8 heteroatoms. The van der Waals surface area contributed by atoms with Gasteiger partial charge in [0.05, 0.1) is 13.2 Å². The van der Waals surface area contributed by atoms with E-state index in [1.165, 1.54) is 6.08 Å². The molecule has 1 N–H and O–H groups in total. The van der Waals surface area contributed by atoms with E-state index in [9.17, 15) is 14.9 Å². The molecule has 30 heavy (non-hydrogen) atoms. The highest BCUT2D eigenvalue weighted by Gasteiger charge is 2.17. The zero-order valence-corrected chi connectivity index (χ0v) is 16.9. The molecule has 0 saturated carbocycles. The number of ether oxygens (including phenoxy) is 2. The van der Waals surface area contributed by atoms with Crippen molar-refractivity contribution in [3.63, 3.8) is 0 Å².